The Bertz CT molecular complexity index is 873. The second-order valence-electron chi connectivity index (χ2n) is 5.47. The summed E-state index contributed by atoms with van der Waals surface area (Å²) < 4.78 is 36.1. The molecule has 0 aliphatic carbocycles. The highest BCUT2D eigenvalue weighted by Crippen LogP contribution is 2.20. The topological polar surface area (TPSA) is 85.5 Å². The van der Waals surface area contributed by atoms with Crippen molar-refractivity contribution in [3.63, 3.8) is 0 Å². The number of benzene rings is 1. The Hall–Kier alpha value is -3.03. The fourth-order valence-corrected chi connectivity index (χ4v) is 2.47. The van der Waals surface area contributed by atoms with E-state index in [1.165, 1.54) is 0 Å². The van der Waals surface area contributed by atoms with Crippen molar-refractivity contribution >= 4 is 17.7 Å². The predicted molar refractivity (Wildman–Crippen MR) is 87.2 cm³/mol. The van der Waals surface area contributed by atoms with Crippen LogP contribution in [-0.4, -0.2) is 35.9 Å². The molecule has 0 bridgehead atoms. The molecule has 0 unspecified atom stereocenters. The summed E-state index contributed by atoms with van der Waals surface area (Å²) in [5.41, 5.74) is 0.671. The summed E-state index contributed by atoms with van der Waals surface area (Å²) in [7, 11) is 0. The molecule has 2 rings (SSSR count). The molecule has 1 aromatic carbocycles. The first-order valence-corrected chi connectivity index (χ1v) is 7.77. The summed E-state index contributed by atoms with van der Waals surface area (Å²) >= 11 is 0. The van der Waals surface area contributed by atoms with Gasteiger partial charge >= 0.3 is 11.9 Å². The average molecular weight is 365 g/mol. The molecule has 0 atom stereocenters. The molecule has 0 fully saturated rings. The van der Waals surface area contributed by atoms with Gasteiger partial charge in [-0.05, 0) is 38.5 Å². The largest absolute Gasteiger partial charge is 0.462 e. The molecule has 0 spiro atoms. The van der Waals surface area contributed by atoms with Crippen LogP contribution < -0.4 is 0 Å². The van der Waals surface area contributed by atoms with Crippen molar-refractivity contribution in [3.05, 3.63) is 57.9 Å². The molecular weight excluding hydrogens is 348 g/mol. The number of aryl methyl sites for hydroxylation is 1. The second-order valence-corrected chi connectivity index (χ2v) is 5.47. The monoisotopic (exact) mass is 365 g/mol. The number of nitrogens with one attached hydrogen (secondary N) is 1. The second kappa shape index (κ2) is 7.90. The van der Waals surface area contributed by atoms with Crippen molar-refractivity contribution < 1.29 is 32.6 Å². The molecule has 0 aliphatic heterocycles. The Labute approximate surface area is 148 Å². The maximum absolute atomic E-state index is 13.5. The molecule has 1 N–H and O–H groups in total. The number of ketones is 1. The van der Waals surface area contributed by atoms with Gasteiger partial charge in [-0.1, -0.05) is 0 Å². The van der Waals surface area contributed by atoms with E-state index in [-0.39, 0.29) is 17.9 Å². The Morgan fingerprint density at radius 2 is 1.77 bits per heavy atom. The van der Waals surface area contributed by atoms with Crippen LogP contribution in [0.1, 0.15) is 49.4 Å². The first-order chi connectivity index (χ1) is 12.3. The van der Waals surface area contributed by atoms with E-state index in [9.17, 15) is 23.2 Å². The number of rotatable bonds is 6. The Kier molecular flexibility index (Phi) is 5.86. The number of esters is 2. The Morgan fingerprint density at radius 3 is 2.38 bits per heavy atom. The Morgan fingerprint density at radius 1 is 1.08 bits per heavy atom. The molecule has 6 nitrogen and oxygen atoms in total. The summed E-state index contributed by atoms with van der Waals surface area (Å²) in [4.78, 5) is 38.8. The number of ether oxygens (including phenoxy) is 2. The molecule has 2 aromatic rings. The quantitative estimate of drug-likeness (QED) is 0.628. The van der Waals surface area contributed by atoms with Gasteiger partial charge < -0.3 is 14.5 Å². The van der Waals surface area contributed by atoms with Crippen LogP contribution in [0.3, 0.4) is 0 Å². The number of hydrogen-bond donors (Lipinski definition) is 1. The zero-order chi connectivity index (χ0) is 19.4. The summed E-state index contributed by atoms with van der Waals surface area (Å²) in [6.45, 7) is 4.35. The SMILES string of the molecule is CCOC(=O)c1c(C)[nH]c(C(=O)COC(=O)c2ccc(F)cc2F)c1C. The maximum atomic E-state index is 13.5. The lowest BCUT2D eigenvalue weighted by Gasteiger charge is -2.05. The van der Waals surface area contributed by atoms with Crippen molar-refractivity contribution in [2.45, 2.75) is 20.8 Å². The molecule has 0 saturated carbocycles. The van der Waals surface area contributed by atoms with Gasteiger partial charge in [-0.3, -0.25) is 4.79 Å². The number of hydrogen-bond acceptors (Lipinski definition) is 5. The van der Waals surface area contributed by atoms with Crippen molar-refractivity contribution in [3.8, 4) is 0 Å². The van der Waals surface area contributed by atoms with E-state index >= 15 is 0 Å². The van der Waals surface area contributed by atoms with E-state index in [4.69, 9.17) is 9.47 Å². The highest BCUT2D eigenvalue weighted by molar-refractivity contribution is 6.03. The molecule has 8 heteroatoms. The van der Waals surface area contributed by atoms with E-state index in [0.717, 1.165) is 12.1 Å². The molecule has 1 aromatic heterocycles. The number of carbonyl (C=O) groups is 3. The lowest BCUT2D eigenvalue weighted by atomic mass is 10.1. The van der Waals surface area contributed by atoms with Gasteiger partial charge in [0.1, 0.15) is 11.6 Å². The van der Waals surface area contributed by atoms with Gasteiger partial charge in [0.2, 0.25) is 5.78 Å². The zero-order valence-corrected chi connectivity index (χ0v) is 14.4. The Balaban J connectivity index is 2.12. The minimum absolute atomic E-state index is 0.0953. The number of aromatic nitrogens is 1. The third-order valence-corrected chi connectivity index (χ3v) is 3.68. The normalized spacial score (nSPS) is 10.5. The van der Waals surface area contributed by atoms with Crippen LogP contribution in [0.15, 0.2) is 18.2 Å². The van der Waals surface area contributed by atoms with Gasteiger partial charge in [0.15, 0.2) is 6.61 Å². The van der Waals surface area contributed by atoms with Crippen molar-refractivity contribution in [1.29, 1.82) is 0 Å². The van der Waals surface area contributed by atoms with E-state index in [1.54, 1.807) is 20.8 Å². The zero-order valence-electron chi connectivity index (χ0n) is 14.4. The van der Waals surface area contributed by atoms with Crippen molar-refractivity contribution in [2.24, 2.45) is 0 Å². The van der Waals surface area contributed by atoms with Crippen LogP contribution in [0.4, 0.5) is 8.78 Å². The number of aromatic amines is 1. The number of halogens is 2. The average Bonchev–Trinajstić information content (AvgIpc) is 2.87. The third-order valence-electron chi connectivity index (χ3n) is 3.68. The van der Waals surface area contributed by atoms with Gasteiger partial charge in [0, 0.05) is 11.8 Å². The molecular formula is C18H17F2NO5. The van der Waals surface area contributed by atoms with E-state index in [2.05, 4.69) is 4.98 Å². The molecule has 0 amide bonds. The van der Waals surface area contributed by atoms with Gasteiger partial charge in [0.05, 0.1) is 23.4 Å². The number of carbonyl (C=O) groups excluding carboxylic acids is 3. The van der Waals surface area contributed by atoms with Crippen molar-refractivity contribution in [1.82, 2.24) is 4.98 Å². The smallest absolute Gasteiger partial charge is 0.341 e. The van der Waals surface area contributed by atoms with Gasteiger partial charge in [-0.25, -0.2) is 18.4 Å². The highest BCUT2D eigenvalue weighted by Gasteiger charge is 2.24. The van der Waals surface area contributed by atoms with Gasteiger partial charge in [0.25, 0.3) is 0 Å². The minimum atomic E-state index is -1.10. The van der Waals surface area contributed by atoms with Crippen LogP contribution in [0, 0.1) is 25.5 Å². The maximum Gasteiger partial charge on any atom is 0.341 e. The van der Waals surface area contributed by atoms with E-state index < -0.39 is 41.5 Å². The lowest BCUT2D eigenvalue weighted by molar-refractivity contribution is 0.0467. The third kappa shape index (κ3) is 3.96. The predicted octanol–water partition coefficient (Wildman–Crippen LogP) is 3.13. The van der Waals surface area contributed by atoms with Crippen molar-refractivity contribution in [2.75, 3.05) is 13.2 Å². The van der Waals surface area contributed by atoms with Crippen LogP contribution in [-0.2, 0) is 9.47 Å². The van der Waals surface area contributed by atoms with Crippen LogP contribution in [0.2, 0.25) is 0 Å². The van der Waals surface area contributed by atoms with E-state index in [1.807, 2.05) is 0 Å². The first kappa shape index (κ1) is 19.3. The fraction of sp³-hybridized carbons (Fsp3) is 0.278. The lowest BCUT2D eigenvalue weighted by Crippen LogP contribution is -2.16. The molecule has 1 heterocycles. The van der Waals surface area contributed by atoms with Gasteiger partial charge in [-0.15, -0.1) is 0 Å². The fourth-order valence-electron chi connectivity index (χ4n) is 2.47. The standard InChI is InChI=1S/C18H17F2NO5/c1-4-25-18(24)15-9(2)16(21-10(15)3)14(22)8-26-17(23)12-6-5-11(19)7-13(12)20/h5-7,21H,4,8H2,1-3H3. The van der Waals surface area contributed by atoms with Crippen LogP contribution in [0.25, 0.3) is 0 Å². The first-order valence-electron chi connectivity index (χ1n) is 7.77. The molecule has 0 radical (unpaired) electrons. The molecule has 26 heavy (non-hydrogen) atoms. The highest BCUT2D eigenvalue weighted by atomic mass is 19.1. The molecule has 0 aliphatic rings. The minimum Gasteiger partial charge on any atom is -0.462 e. The summed E-state index contributed by atoms with van der Waals surface area (Å²) in [5, 5.41) is 0. The molecule has 0 saturated heterocycles. The van der Waals surface area contributed by atoms with Crippen LogP contribution >= 0.6 is 0 Å². The number of H-pyrrole nitrogens is 1. The number of Topliss-reactive ketones (excluding diaryl/α,β-unsaturated/α-hetero) is 1. The molecule has 138 valence electrons. The van der Waals surface area contributed by atoms with Crippen LogP contribution in [0.5, 0.6) is 0 Å². The van der Waals surface area contributed by atoms with E-state index in [0.29, 0.717) is 17.3 Å². The summed E-state index contributed by atoms with van der Waals surface area (Å²) in [5.74, 6) is -4.18. The van der Waals surface area contributed by atoms with Gasteiger partial charge in [-0.2, -0.15) is 0 Å². The summed E-state index contributed by atoms with van der Waals surface area (Å²) in [6, 6.07) is 2.38. The summed E-state index contributed by atoms with van der Waals surface area (Å²) in [6.07, 6.45) is 0.